The molecule has 7 heteroatoms. The van der Waals surface area contributed by atoms with Gasteiger partial charge in [0.05, 0.1) is 17.3 Å². The zero-order chi connectivity index (χ0) is 17.6. The van der Waals surface area contributed by atoms with Gasteiger partial charge in [-0.05, 0) is 19.1 Å². The average Bonchev–Trinajstić information content (AvgIpc) is 2.94. The van der Waals surface area contributed by atoms with Gasteiger partial charge < -0.3 is 15.0 Å². The molecule has 1 spiro atoms. The third-order valence-corrected chi connectivity index (χ3v) is 5.10. The minimum absolute atomic E-state index is 0.0250. The molecular weight excluding hydrogens is 320 g/mol. The number of fused-ring (bicyclic) bond motifs is 1. The second-order valence-electron chi connectivity index (χ2n) is 6.61. The van der Waals surface area contributed by atoms with Gasteiger partial charge in [-0.1, -0.05) is 12.1 Å². The van der Waals surface area contributed by atoms with Crippen LogP contribution in [0.15, 0.2) is 30.5 Å². The lowest BCUT2D eigenvalue weighted by Gasteiger charge is -2.44. The molecule has 0 radical (unpaired) electrons. The number of aromatic nitrogens is 2. The van der Waals surface area contributed by atoms with Crippen molar-refractivity contribution in [3.63, 3.8) is 0 Å². The molecule has 0 unspecified atom stereocenters. The number of likely N-dealkylation sites (tertiary alicyclic amines) is 1. The molecule has 1 aromatic heterocycles. The highest BCUT2D eigenvalue weighted by atomic mass is 16.5. The van der Waals surface area contributed by atoms with Gasteiger partial charge in [0.25, 0.3) is 11.8 Å². The van der Waals surface area contributed by atoms with Crippen LogP contribution in [-0.4, -0.2) is 45.3 Å². The first kappa shape index (κ1) is 15.7. The fraction of sp³-hybridized carbons (Fsp3) is 0.389. The number of piperidine rings is 1. The zero-order valence-corrected chi connectivity index (χ0v) is 14.3. The number of ether oxygens (including phenoxy) is 1. The summed E-state index contributed by atoms with van der Waals surface area (Å²) in [5.41, 5.74) is 1.29. The molecule has 7 nitrogen and oxygen atoms in total. The second-order valence-corrected chi connectivity index (χ2v) is 6.61. The number of amides is 2. The molecule has 2 amide bonds. The lowest BCUT2D eigenvalue weighted by atomic mass is 9.96. The topological polar surface area (TPSA) is 76.5 Å². The van der Waals surface area contributed by atoms with E-state index in [0.717, 1.165) is 5.69 Å². The first-order valence-corrected chi connectivity index (χ1v) is 8.37. The highest BCUT2D eigenvalue weighted by molar-refractivity contribution is 5.98. The number of carbonyl (C=O) groups is 2. The number of nitrogens with one attached hydrogen (secondary N) is 1. The van der Waals surface area contributed by atoms with Crippen LogP contribution >= 0.6 is 0 Å². The monoisotopic (exact) mass is 340 g/mol. The average molecular weight is 340 g/mol. The Morgan fingerprint density at radius 3 is 2.68 bits per heavy atom. The van der Waals surface area contributed by atoms with Gasteiger partial charge >= 0.3 is 0 Å². The maximum atomic E-state index is 12.7. The number of hydrogen-bond donors (Lipinski definition) is 1. The Hall–Kier alpha value is -2.83. The smallest absolute Gasteiger partial charge is 0.258 e. The highest BCUT2D eigenvalue weighted by Crippen LogP contribution is 2.33. The van der Waals surface area contributed by atoms with Gasteiger partial charge in [-0.2, -0.15) is 5.10 Å². The fourth-order valence-corrected chi connectivity index (χ4v) is 3.43. The molecule has 0 aliphatic carbocycles. The summed E-state index contributed by atoms with van der Waals surface area (Å²) in [5, 5.41) is 7.12. The van der Waals surface area contributed by atoms with E-state index in [2.05, 4.69) is 10.4 Å². The predicted molar refractivity (Wildman–Crippen MR) is 90.3 cm³/mol. The third kappa shape index (κ3) is 2.56. The predicted octanol–water partition coefficient (Wildman–Crippen LogP) is 1.48. The van der Waals surface area contributed by atoms with Crippen LogP contribution in [0, 0.1) is 6.92 Å². The van der Waals surface area contributed by atoms with Crippen LogP contribution in [0.5, 0.6) is 5.75 Å². The highest BCUT2D eigenvalue weighted by Gasteiger charge is 2.43. The standard InChI is InChI=1S/C18H20N4O3/c1-12-14(11-19-21(12)2)17(24)22-9-7-18(8-10-22)20-16(23)13-5-3-4-6-15(13)25-18/h3-6,11H,7-10H2,1-2H3,(H,20,23). The largest absolute Gasteiger partial charge is 0.467 e. The molecule has 1 saturated heterocycles. The van der Waals surface area contributed by atoms with E-state index in [9.17, 15) is 9.59 Å². The molecule has 0 atom stereocenters. The normalized spacial score (nSPS) is 18.5. The summed E-state index contributed by atoms with van der Waals surface area (Å²) >= 11 is 0. The second kappa shape index (κ2) is 5.61. The summed E-state index contributed by atoms with van der Waals surface area (Å²) in [7, 11) is 1.82. The van der Waals surface area contributed by atoms with Gasteiger partial charge in [0, 0.05) is 38.7 Å². The molecule has 2 aliphatic heterocycles. The lowest BCUT2D eigenvalue weighted by molar-refractivity contribution is -0.0245. The van der Waals surface area contributed by atoms with Crippen LogP contribution in [0.3, 0.4) is 0 Å². The van der Waals surface area contributed by atoms with Crippen LogP contribution in [-0.2, 0) is 7.05 Å². The molecule has 0 bridgehead atoms. The number of hydrogen-bond acceptors (Lipinski definition) is 4. The van der Waals surface area contributed by atoms with E-state index in [-0.39, 0.29) is 11.8 Å². The minimum Gasteiger partial charge on any atom is -0.467 e. The van der Waals surface area contributed by atoms with E-state index in [1.54, 1.807) is 21.8 Å². The van der Waals surface area contributed by atoms with Crippen molar-refractivity contribution in [1.29, 1.82) is 0 Å². The quantitative estimate of drug-likeness (QED) is 0.853. The first-order chi connectivity index (χ1) is 12.0. The molecule has 25 heavy (non-hydrogen) atoms. The van der Waals surface area contributed by atoms with Crippen molar-refractivity contribution in [2.24, 2.45) is 7.05 Å². The van der Waals surface area contributed by atoms with Crippen LogP contribution in [0.25, 0.3) is 0 Å². The number of carbonyl (C=O) groups excluding carboxylic acids is 2. The molecule has 0 saturated carbocycles. The Bertz CT molecular complexity index is 850. The van der Waals surface area contributed by atoms with Crippen molar-refractivity contribution in [1.82, 2.24) is 20.0 Å². The summed E-state index contributed by atoms with van der Waals surface area (Å²) in [6, 6.07) is 7.24. The Kier molecular flexibility index (Phi) is 3.52. The molecule has 1 fully saturated rings. The molecule has 4 rings (SSSR count). The van der Waals surface area contributed by atoms with Crippen LogP contribution in [0.1, 0.15) is 39.3 Å². The molecule has 130 valence electrons. The summed E-state index contributed by atoms with van der Waals surface area (Å²) in [4.78, 5) is 26.9. The first-order valence-electron chi connectivity index (χ1n) is 8.37. The summed E-state index contributed by atoms with van der Waals surface area (Å²) in [6.45, 7) is 2.93. The Balaban J connectivity index is 1.49. The number of nitrogens with zero attached hydrogens (tertiary/aromatic N) is 3. The van der Waals surface area contributed by atoms with E-state index >= 15 is 0 Å². The number of benzene rings is 1. The summed E-state index contributed by atoms with van der Waals surface area (Å²) in [5.74, 6) is 0.460. The minimum atomic E-state index is -0.730. The van der Waals surface area contributed by atoms with Gasteiger partial charge in [-0.3, -0.25) is 14.3 Å². The van der Waals surface area contributed by atoms with Crippen molar-refractivity contribution in [2.45, 2.75) is 25.5 Å². The zero-order valence-electron chi connectivity index (χ0n) is 14.3. The maximum absolute atomic E-state index is 12.7. The lowest BCUT2D eigenvalue weighted by Crippen LogP contribution is -2.61. The van der Waals surface area contributed by atoms with Crippen molar-refractivity contribution >= 4 is 11.8 Å². The van der Waals surface area contributed by atoms with E-state index in [1.165, 1.54) is 0 Å². The maximum Gasteiger partial charge on any atom is 0.258 e. The van der Waals surface area contributed by atoms with E-state index in [1.807, 2.05) is 32.2 Å². The Morgan fingerprint density at radius 1 is 1.28 bits per heavy atom. The van der Waals surface area contributed by atoms with Gasteiger partial charge in [-0.25, -0.2) is 0 Å². The van der Waals surface area contributed by atoms with Gasteiger partial charge in [0.15, 0.2) is 5.72 Å². The summed E-state index contributed by atoms with van der Waals surface area (Å²) < 4.78 is 7.80. The van der Waals surface area contributed by atoms with Gasteiger partial charge in [0.1, 0.15) is 5.75 Å². The molecular formula is C18H20N4O3. The molecule has 1 N–H and O–H groups in total. The SMILES string of the molecule is Cc1c(C(=O)N2CCC3(CC2)NC(=O)c2ccccc2O3)cnn1C. The molecule has 2 aliphatic rings. The number of aryl methyl sites for hydroxylation is 1. The van der Waals surface area contributed by atoms with Crippen LogP contribution in [0.4, 0.5) is 0 Å². The third-order valence-electron chi connectivity index (χ3n) is 5.10. The Labute approximate surface area is 145 Å². The molecule has 3 heterocycles. The van der Waals surface area contributed by atoms with Crippen molar-refractivity contribution in [2.75, 3.05) is 13.1 Å². The van der Waals surface area contributed by atoms with Crippen LogP contribution < -0.4 is 10.1 Å². The Morgan fingerprint density at radius 2 is 2.00 bits per heavy atom. The van der Waals surface area contributed by atoms with Gasteiger partial charge in [-0.15, -0.1) is 0 Å². The van der Waals surface area contributed by atoms with E-state index in [4.69, 9.17) is 4.74 Å². The van der Waals surface area contributed by atoms with Crippen molar-refractivity contribution in [3.8, 4) is 5.75 Å². The molecule has 2 aromatic rings. The van der Waals surface area contributed by atoms with Crippen molar-refractivity contribution in [3.05, 3.63) is 47.3 Å². The van der Waals surface area contributed by atoms with E-state index in [0.29, 0.717) is 42.8 Å². The number of rotatable bonds is 1. The molecule has 1 aromatic carbocycles. The van der Waals surface area contributed by atoms with Gasteiger partial charge in [0.2, 0.25) is 0 Å². The van der Waals surface area contributed by atoms with Crippen molar-refractivity contribution < 1.29 is 14.3 Å². The van der Waals surface area contributed by atoms with Crippen LogP contribution in [0.2, 0.25) is 0 Å². The fourth-order valence-electron chi connectivity index (χ4n) is 3.43. The number of para-hydroxylation sites is 1. The van der Waals surface area contributed by atoms with E-state index < -0.39 is 5.72 Å². The summed E-state index contributed by atoms with van der Waals surface area (Å²) in [6.07, 6.45) is 2.72.